The predicted molar refractivity (Wildman–Crippen MR) is 65.8 cm³/mol. The molecule has 0 bridgehead atoms. The molecule has 1 aromatic carbocycles. The summed E-state index contributed by atoms with van der Waals surface area (Å²) in [5.74, 6) is 1.46. The van der Waals surface area contributed by atoms with Crippen molar-refractivity contribution in [3.8, 4) is 11.5 Å². The Bertz CT molecular complexity index is 507. The number of ether oxygens (including phenoxy) is 2. The van der Waals surface area contributed by atoms with E-state index in [2.05, 4.69) is 0 Å². The summed E-state index contributed by atoms with van der Waals surface area (Å²) >= 11 is 1.58. The maximum absolute atomic E-state index is 10.2. The molecule has 1 N–H and O–H groups in total. The molecule has 0 radical (unpaired) electrons. The highest BCUT2D eigenvalue weighted by molar-refractivity contribution is 7.07. The highest BCUT2D eigenvalue weighted by Gasteiger charge is 2.16. The van der Waals surface area contributed by atoms with E-state index >= 15 is 0 Å². The van der Waals surface area contributed by atoms with E-state index in [1.165, 1.54) is 0 Å². The lowest BCUT2D eigenvalue weighted by Crippen LogP contribution is -2.15. The lowest BCUT2D eigenvalue weighted by atomic mass is 10.0. The first-order valence-electron chi connectivity index (χ1n) is 5.44. The highest BCUT2D eigenvalue weighted by atomic mass is 32.1. The van der Waals surface area contributed by atoms with Gasteiger partial charge < -0.3 is 14.6 Å². The summed E-state index contributed by atoms with van der Waals surface area (Å²) in [6.45, 7) is 1.14. The van der Waals surface area contributed by atoms with Crippen LogP contribution in [0.25, 0.3) is 0 Å². The zero-order valence-electron chi connectivity index (χ0n) is 9.13. The minimum Gasteiger partial charge on any atom is -0.486 e. The van der Waals surface area contributed by atoms with Crippen molar-refractivity contribution < 1.29 is 14.6 Å². The van der Waals surface area contributed by atoms with Crippen molar-refractivity contribution in [1.29, 1.82) is 0 Å². The second kappa shape index (κ2) is 4.39. The van der Waals surface area contributed by atoms with Crippen molar-refractivity contribution in [2.75, 3.05) is 13.2 Å². The van der Waals surface area contributed by atoms with E-state index in [1.807, 2.05) is 35.0 Å². The van der Waals surface area contributed by atoms with Crippen molar-refractivity contribution in [3.05, 3.63) is 46.2 Å². The van der Waals surface area contributed by atoms with Crippen molar-refractivity contribution in [2.45, 2.75) is 6.10 Å². The average Bonchev–Trinajstić information content (AvgIpc) is 2.91. The summed E-state index contributed by atoms with van der Waals surface area (Å²) in [6.07, 6.45) is -0.600. The number of fused-ring (bicyclic) bond motifs is 1. The summed E-state index contributed by atoms with van der Waals surface area (Å²) in [5, 5.41) is 14.1. The Morgan fingerprint density at radius 2 is 1.88 bits per heavy atom. The fraction of sp³-hybridized carbons (Fsp3) is 0.231. The van der Waals surface area contributed by atoms with Crippen LogP contribution in [0.3, 0.4) is 0 Å². The number of hydrogen-bond acceptors (Lipinski definition) is 4. The van der Waals surface area contributed by atoms with Gasteiger partial charge in [-0.2, -0.15) is 11.3 Å². The van der Waals surface area contributed by atoms with Crippen LogP contribution in [0.4, 0.5) is 0 Å². The van der Waals surface area contributed by atoms with Crippen LogP contribution in [-0.2, 0) is 0 Å². The molecule has 3 nitrogen and oxygen atoms in total. The lowest BCUT2D eigenvalue weighted by molar-refractivity contribution is 0.169. The molecular weight excluding hydrogens is 236 g/mol. The Balaban J connectivity index is 1.93. The Kier molecular flexibility index (Phi) is 2.74. The second-order valence-corrected chi connectivity index (χ2v) is 4.64. The van der Waals surface area contributed by atoms with Crippen LogP contribution >= 0.6 is 11.3 Å². The Morgan fingerprint density at radius 3 is 2.65 bits per heavy atom. The number of aliphatic hydroxyl groups is 1. The summed E-state index contributed by atoms with van der Waals surface area (Å²) in [6, 6.07) is 7.48. The maximum Gasteiger partial charge on any atom is 0.161 e. The molecule has 0 amide bonds. The van der Waals surface area contributed by atoms with Gasteiger partial charge in [0.25, 0.3) is 0 Å². The predicted octanol–water partition coefficient (Wildman–Crippen LogP) is 2.60. The van der Waals surface area contributed by atoms with Crippen molar-refractivity contribution in [2.24, 2.45) is 0 Å². The van der Waals surface area contributed by atoms with Gasteiger partial charge in [-0.1, -0.05) is 6.07 Å². The second-order valence-electron chi connectivity index (χ2n) is 3.86. The van der Waals surface area contributed by atoms with Crippen LogP contribution in [0.5, 0.6) is 11.5 Å². The first kappa shape index (κ1) is 10.6. The zero-order chi connectivity index (χ0) is 11.7. The third-order valence-corrected chi connectivity index (χ3v) is 3.44. The Labute approximate surface area is 103 Å². The van der Waals surface area contributed by atoms with Crippen LogP contribution < -0.4 is 9.47 Å². The quantitative estimate of drug-likeness (QED) is 0.887. The van der Waals surface area contributed by atoms with Gasteiger partial charge in [-0.3, -0.25) is 0 Å². The van der Waals surface area contributed by atoms with E-state index < -0.39 is 6.10 Å². The van der Waals surface area contributed by atoms with E-state index in [1.54, 1.807) is 11.3 Å². The molecule has 4 heteroatoms. The van der Waals surface area contributed by atoms with E-state index in [0.717, 1.165) is 16.9 Å². The summed E-state index contributed by atoms with van der Waals surface area (Å²) in [7, 11) is 0. The average molecular weight is 248 g/mol. The standard InChI is InChI=1S/C13H12O3S/c14-13(10-3-6-17-8-10)9-1-2-11-12(7-9)16-5-4-15-11/h1-3,6-8,13-14H,4-5H2. The van der Waals surface area contributed by atoms with Gasteiger partial charge in [0, 0.05) is 0 Å². The van der Waals surface area contributed by atoms with Crippen molar-refractivity contribution in [3.63, 3.8) is 0 Å². The van der Waals surface area contributed by atoms with E-state index in [9.17, 15) is 5.11 Å². The molecule has 1 aliphatic heterocycles. The molecule has 0 saturated carbocycles. The molecule has 2 aromatic rings. The van der Waals surface area contributed by atoms with Crippen LogP contribution in [0.15, 0.2) is 35.0 Å². The normalized spacial score (nSPS) is 15.6. The number of hydrogen-bond donors (Lipinski definition) is 1. The fourth-order valence-corrected chi connectivity index (χ4v) is 2.53. The first-order chi connectivity index (χ1) is 8.34. The number of rotatable bonds is 2. The highest BCUT2D eigenvalue weighted by Crippen LogP contribution is 2.34. The van der Waals surface area contributed by atoms with Gasteiger partial charge in [0.05, 0.1) is 0 Å². The van der Waals surface area contributed by atoms with Gasteiger partial charge in [-0.25, -0.2) is 0 Å². The van der Waals surface area contributed by atoms with Gasteiger partial charge in [0.2, 0.25) is 0 Å². The molecule has 1 aromatic heterocycles. The molecule has 1 unspecified atom stereocenters. The molecular formula is C13H12O3S. The molecule has 2 heterocycles. The third-order valence-electron chi connectivity index (χ3n) is 2.74. The van der Waals surface area contributed by atoms with Gasteiger partial charge in [0.15, 0.2) is 11.5 Å². The molecule has 3 rings (SSSR count). The van der Waals surface area contributed by atoms with Crippen LogP contribution in [0, 0.1) is 0 Å². The monoisotopic (exact) mass is 248 g/mol. The summed E-state index contributed by atoms with van der Waals surface area (Å²) < 4.78 is 10.9. The van der Waals surface area contributed by atoms with Crippen molar-refractivity contribution >= 4 is 11.3 Å². The van der Waals surface area contributed by atoms with E-state index in [4.69, 9.17) is 9.47 Å². The molecule has 0 fully saturated rings. The molecule has 17 heavy (non-hydrogen) atoms. The fourth-order valence-electron chi connectivity index (χ4n) is 1.85. The largest absolute Gasteiger partial charge is 0.486 e. The number of thiophene rings is 1. The van der Waals surface area contributed by atoms with E-state index in [-0.39, 0.29) is 0 Å². The smallest absolute Gasteiger partial charge is 0.161 e. The Hall–Kier alpha value is -1.52. The minimum atomic E-state index is -0.600. The summed E-state index contributed by atoms with van der Waals surface area (Å²) in [5.41, 5.74) is 1.74. The molecule has 0 spiro atoms. The molecule has 0 saturated heterocycles. The molecule has 0 aliphatic carbocycles. The maximum atomic E-state index is 10.2. The lowest BCUT2D eigenvalue weighted by Gasteiger charge is -2.20. The third kappa shape index (κ3) is 2.01. The van der Waals surface area contributed by atoms with Crippen LogP contribution in [-0.4, -0.2) is 18.3 Å². The van der Waals surface area contributed by atoms with E-state index in [0.29, 0.717) is 19.0 Å². The number of aliphatic hydroxyl groups excluding tert-OH is 1. The minimum absolute atomic E-state index is 0.561. The van der Waals surface area contributed by atoms with Gasteiger partial charge in [0.1, 0.15) is 19.3 Å². The first-order valence-corrected chi connectivity index (χ1v) is 6.38. The Morgan fingerprint density at radius 1 is 1.06 bits per heavy atom. The number of benzene rings is 1. The van der Waals surface area contributed by atoms with Crippen LogP contribution in [0.1, 0.15) is 17.2 Å². The summed E-state index contributed by atoms with van der Waals surface area (Å²) in [4.78, 5) is 0. The molecule has 1 atom stereocenters. The van der Waals surface area contributed by atoms with Gasteiger partial charge in [-0.05, 0) is 40.1 Å². The topological polar surface area (TPSA) is 38.7 Å². The van der Waals surface area contributed by atoms with Crippen molar-refractivity contribution in [1.82, 2.24) is 0 Å². The zero-order valence-corrected chi connectivity index (χ0v) is 9.94. The van der Waals surface area contributed by atoms with Gasteiger partial charge in [-0.15, -0.1) is 0 Å². The SMILES string of the molecule is OC(c1ccsc1)c1ccc2c(c1)OCCO2. The van der Waals surface area contributed by atoms with Gasteiger partial charge >= 0.3 is 0 Å². The molecule has 88 valence electrons. The molecule has 1 aliphatic rings. The van der Waals surface area contributed by atoms with Crippen LogP contribution in [0.2, 0.25) is 0 Å².